The predicted octanol–water partition coefficient (Wildman–Crippen LogP) is 5.69. The lowest BCUT2D eigenvalue weighted by Crippen LogP contribution is -2.23. The Labute approximate surface area is 190 Å². The number of benzene rings is 2. The van der Waals surface area contributed by atoms with E-state index in [1.807, 2.05) is 56.5 Å². The maximum absolute atomic E-state index is 12.4. The van der Waals surface area contributed by atoms with Gasteiger partial charge in [0, 0.05) is 29.8 Å². The molecule has 4 aromatic rings. The number of anilines is 2. The van der Waals surface area contributed by atoms with Crippen LogP contribution < -0.4 is 15.3 Å². The molecule has 2 aromatic heterocycles. The van der Waals surface area contributed by atoms with Crippen LogP contribution in [0.15, 0.2) is 57.1 Å². The van der Waals surface area contributed by atoms with E-state index in [2.05, 4.69) is 4.98 Å². The number of nitrogens with zero attached hydrogens (tertiary/aromatic N) is 2. The summed E-state index contributed by atoms with van der Waals surface area (Å²) in [7, 11) is 0. The van der Waals surface area contributed by atoms with Gasteiger partial charge in [0.1, 0.15) is 17.9 Å². The number of aryl methyl sites for hydroxylation is 2. The Hall–Kier alpha value is -3.45. The van der Waals surface area contributed by atoms with E-state index < -0.39 is 0 Å². The Morgan fingerprint density at radius 2 is 2.00 bits per heavy atom. The summed E-state index contributed by atoms with van der Waals surface area (Å²) in [5, 5.41) is 3.38. The van der Waals surface area contributed by atoms with Crippen LogP contribution in [0.1, 0.15) is 36.2 Å². The van der Waals surface area contributed by atoms with Crippen LogP contribution in [0.2, 0.25) is 0 Å². The summed E-state index contributed by atoms with van der Waals surface area (Å²) in [6, 6.07) is 12.9. The molecule has 2 aromatic carbocycles. The molecule has 0 spiro atoms. The minimum Gasteiger partial charge on any atom is -0.487 e. The number of amides is 1. The third kappa shape index (κ3) is 4.29. The molecule has 164 valence electrons. The van der Waals surface area contributed by atoms with Crippen LogP contribution in [0.5, 0.6) is 5.75 Å². The minimum atomic E-state index is -0.369. The molecule has 7 heteroatoms. The molecule has 6 nitrogen and oxygen atoms in total. The first-order chi connectivity index (χ1) is 15.4. The van der Waals surface area contributed by atoms with Crippen molar-refractivity contribution in [2.45, 2.75) is 40.7 Å². The zero-order chi connectivity index (χ0) is 22.8. The molecule has 32 heavy (non-hydrogen) atoms. The highest BCUT2D eigenvalue weighted by Crippen LogP contribution is 2.33. The molecule has 0 bridgehead atoms. The van der Waals surface area contributed by atoms with Crippen molar-refractivity contribution in [3.05, 3.63) is 80.6 Å². The molecular weight excluding hydrogens is 424 g/mol. The van der Waals surface area contributed by atoms with E-state index in [0.717, 1.165) is 34.2 Å². The van der Waals surface area contributed by atoms with Crippen molar-refractivity contribution in [2.24, 2.45) is 0 Å². The third-order valence-electron chi connectivity index (χ3n) is 5.43. The Bertz CT molecular complexity index is 1360. The van der Waals surface area contributed by atoms with E-state index in [9.17, 15) is 9.59 Å². The molecule has 0 aliphatic heterocycles. The van der Waals surface area contributed by atoms with Gasteiger partial charge < -0.3 is 9.15 Å². The van der Waals surface area contributed by atoms with Gasteiger partial charge >= 0.3 is 5.63 Å². The molecule has 0 atom stereocenters. The van der Waals surface area contributed by atoms with Crippen LogP contribution in [0, 0.1) is 13.8 Å². The first kappa shape index (κ1) is 21.8. The van der Waals surface area contributed by atoms with E-state index in [4.69, 9.17) is 9.15 Å². The van der Waals surface area contributed by atoms with Crippen molar-refractivity contribution in [3.8, 4) is 5.75 Å². The average Bonchev–Trinajstić information content (AvgIpc) is 3.22. The van der Waals surface area contributed by atoms with E-state index in [0.29, 0.717) is 22.2 Å². The Morgan fingerprint density at radius 1 is 1.19 bits per heavy atom. The minimum absolute atomic E-state index is 0.100. The summed E-state index contributed by atoms with van der Waals surface area (Å²) >= 11 is 1.39. The quantitative estimate of drug-likeness (QED) is 0.354. The summed E-state index contributed by atoms with van der Waals surface area (Å²) in [6.45, 7) is 7.79. The molecule has 4 rings (SSSR count). The molecular formula is C25H24N2O4S. The van der Waals surface area contributed by atoms with Gasteiger partial charge in [0.15, 0.2) is 5.13 Å². The first-order valence-electron chi connectivity index (χ1n) is 10.4. The number of fused-ring (bicyclic) bond motifs is 1. The van der Waals surface area contributed by atoms with Gasteiger partial charge in [-0.3, -0.25) is 9.69 Å². The van der Waals surface area contributed by atoms with Crippen molar-refractivity contribution in [3.63, 3.8) is 0 Å². The predicted molar refractivity (Wildman–Crippen MR) is 127 cm³/mol. The molecule has 0 aliphatic carbocycles. The Balaban J connectivity index is 1.56. The first-order valence-corrected chi connectivity index (χ1v) is 11.3. The highest BCUT2D eigenvalue weighted by atomic mass is 32.1. The lowest BCUT2D eigenvalue weighted by molar-refractivity contribution is -0.115. The molecule has 0 unspecified atom stereocenters. The van der Waals surface area contributed by atoms with Gasteiger partial charge in [-0.05, 0) is 55.2 Å². The largest absolute Gasteiger partial charge is 0.487 e. The number of rotatable bonds is 6. The van der Waals surface area contributed by atoms with E-state index in [-0.39, 0.29) is 18.1 Å². The molecule has 0 saturated carbocycles. The maximum Gasteiger partial charge on any atom is 0.336 e. The van der Waals surface area contributed by atoms with Crippen LogP contribution in [0.4, 0.5) is 10.8 Å². The maximum atomic E-state index is 12.4. The SMILES string of the molecule is CCc1cc(=O)oc2cc(OCc3csc(N(C(C)=O)c4cccc(C)c4C)n3)ccc12. The molecule has 1 amide bonds. The fourth-order valence-corrected chi connectivity index (χ4v) is 4.46. The van der Waals surface area contributed by atoms with E-state index in [1.165, 1.54) is 24.3 Å². The fourth-order valence-electron chi connectivity index (χ4n) is 3.60. The van der Waals surface area contributed by atoms with Gasteiger partial charge in [0.2, 0.25) is 5.91 Å². The van der Waals surface area contributed by atoms with Crippen molar-refractivity contribution in [2.75, 3.05) is 4.90 Å². The molecule has 0 radical (unpaired) electrons. The third-order valence-corrected chi connectivity index (χ3v) is 6.31. The Kier molecular flexibility index (Phi) is 6.10. The number of hydrogen-bond donors (Lipinski definition) is 0. The fraction of sp³-hybridized carbons (Fsp3) is 0.240. The Morgan fingerprint density at radius 3 is 2.75 bits per heavy atom. The van der Waals surface area contributed by atoms with Gasteiger partial charge in [-0.15, -0.1) is 11.3 Å². The van der Waals surface area contributed by atoms with Crippen molar-refractivity contribution in [1.29, 1.82) is 0 Å². The second kappa shape index (κ2) is 8.96. The lowest BCUT2D eigenvalue weighted by atomic mass is 10.1. The zero-order valence-electron chi connectivity index (χ0n) is 18.5. The van der Waals surface area contributed by atoms with E-state index in [1.54, 1.807) is 11.0 Å². The molecule has 2 heterocycles. The summed E-state index contributed by atoms with van der Waals surface area (Å²) in [5.41, 5.74) is 4.78. The van der Waals surface area contributed by atoms with Crippen LogP contribution in [-0.2, 0) is 17.8 Å². The number of ether oxygens (including phenoxy) is 1. The summed E-state index contributed by atoms with van der Waals surface area (Å²) in [4.78, 5) is 30.5. The van der Waals surface area contributed by atoms with Crippen molar-refractivity contribution >= 4 is 39.0 Å². The monoisotopic (exact) mass is 448 g/mol. The zero-order valence-corrected chi connectivity index (χ0v) is 19.3. The van der Waals surface area contributed by atoms with Gasteiger partial charge in [0.25, 0.3) is 0 Å². The normalized spacial score (nSPS) is 11.0. The number of carbonyl (C=O) groups is 1. The van der Waals surface area contributed by atoms with Crippen LogP contribution in [0.3, 0.4) is 0 Å². The van der Waals surface area contributed by atoms with Crippen molar-refractivity contribution < 1.29 is 13.9 Å². The van der Waals surface area contributed by atoms with Gasteiger partial charge in [-0.25, -0.2) is 9.78 Å². The van der Waals surface area contributed by atoms with E-state index >= 15 is 0 Å². The molecule has 0 N–H and O–H groups in total. The highest BCUT2D eigenvalue weighted by molar-refractivity contribution is 7.14. The lowest BCUT2D eigenvalue weighted by Gasteiger charge is -2.21. The second-order valence-electron chi connectivity index (χ2n) is 7.59. The average molecular weight is 449 g/mol. The van der Waals surface area contributed by atoms with Crippen LogP contribution >= 0.6 is 11.3 Å². The second-order valence-corrected chi connectivity index (χ2v) is 8.42. The smallest absolute Gasteiger partial charge is 0.336 e. The summed E-state index contributed by atoms with van der Waals surface area (Å²) in [6.07, 6.45) is 0.747. The van der Waals surface area contributed by atoms with Crippen molar-refractivity contribution in [1.82, 2.24) is 4.98 Å². The number of aromatic nitrogens is 1. The number of hydrogen-bond acceptors (Lipinski definition) is 6. The highest BCUT2D eigenvalue weighted by Gasteiger charge is 2.20. The topological polar surface area (TPSA) is 72.6 Å². The number of carbonyl (C=O) groups excluding carboxylic acids is 1. The van der Waals surface area contributed by atoms with Gasteiger partial charge in [-0.1, -0.05) is 19.1 Å². The van der Waals surface area contributed by atoms with Gasteiger partial charge in [0.05, 0.1) is 11.4 Å². The standard InChI is InChI=1S/C25H24N2O4S/c1-5-18-11-24(29)31-23-12-20(9-10-21(18)23)30-13-19-14-32-25(26-19)27(17(4)28)22-8-6-7-15(2)16(22)3/h6-12,14H,5,13H2,1-4H3. The van der Waals surface area contributed by atoms with Gasteiger partial charge in [-0.2, -0.15) is 0 Å². The molecule has 0 fully saturated rings. The number of thiazole rings is 1. The molecule has 0 saturated heterocycles. The van der Waals surface area contributed by atoms with Crippen LogP contribution in [0.25, 0.3) is 11.0 Å². The summed E-state index contributed by atoms with van der Waals surface area (Å²) < 4.78 is 11.2. The summed E-state index contributed by atoms with van der Waals surface area (Å²) in [5.74, 6) is 0.484. The molecule has 0 aliphatic rings. The van der Waals surface area contributed by atoms with Crippen LogP contribution in [-0.4, -0.2) is 10.9 Å².